The predicted octanol–water partition coefficient (Wildman–Crippen LogP) is 2.74. The normalized spacial score (nSPS) is 22.3. The third-order valence-corrected chi connectivity index (χ3v) is 5.66. The molecule has 5 nitrogen and oxygen atoms in total. The van der Waals surface area contributed by atoms with E-state index in [2.05, 4.69) is 9.62 Å². The molecule has 23 heavy (non-hydrogen) atoms. The highest BCUT2D eigenvalue weighted by molar-refractivity contribution is 7.92. The van der Waals surface area contributed by atoms with Gasteiger partial charge >= 0.3 is 0 Å². The number of hydrogen-bond acceptors (Lipinski definition) is 4. The van der Waals surface area contributed by atoms with Crippen LogP contribution in [-0.2, 0) is 14.8 Å². The fraction of sp³-hybridized carbons (Fsp3) is 0.625. The van der Waals surface area contributed by atoms with Gasteiger partial charge in [0.1, 0.15) is 5.82 Å². The molecule has 1 atom stereocenters. The molecule has 1 N–H and O–H groups in total. The summed E-state index contributed by atoms with van der Waals surface area (Å²) >= 11 is 0. The van der Waals surface area contributed by atoms with E-state index in [-0.39, 0.29) is 17.5 Å². The van der Waals surface area contributed by atoms with Crippen molar-refractivity contribution in [3.05, 3.63) is 24.0 Å². The van der Waals surface area contributed by atoms with Gasteiger partial charge in [0.25, 0.3) is 0 Å². The van der Waals surface area contributed by atoms with E-state index in [1.54, 1.807) is 6.07 Å². The molecule has 2 aliphatic rings. The lowest BCUT2D eigenvalue weighted by atomic mass is 10.1. The van der Waals surface area contributed by atoms with Crippen molar-refractivity contribution in [2.75, 3.05) is 35.1 Å². The van der Waals surface area contributed by atoms with E-state index >= 15 is 0 Å². The summed E-state index contributed by atoms with van der Waals surface area (Å²) in [6.45, 7) is 2.37. The van der Waals surface area contributed by atoms with Crippen molar-refractivity contribution in [1.29, 1.82) is 0 Å². The van der Waals surface area contributed by atoms with Crippen LogP contribution in [-0.4, -0.2) is 40.0 Å². The second-order valence-electron chi connectivity index (χ2n) is 6.26. The summed E-state index contributed by atoms with van der Waals surface area (Å²) in [6, 6.07) is 4.37. The van der Waals surface area contributed by atoms with Crippen LogP contribution in [0, 0.1) is 5.82 Å². The maximum atomic E-state index is 13.8. The largest absolute Gasteiger partial charge is 0.377 e. The van der Waals surface area contributed by atoms with Crippen molar-refractivity contribution >= 4 is 21.4 Å². The second-order valence-corrected chi connectivity index (χ2v) is 8.03. The van der Waals surface area contributed by atoms with Crippen LogP contribution in [0.3, 0.4) is 0 Å². The maximum Gasteiger partial charge on any atom is 0.235 e. The van der Waals surface area contributed by atoms with Gasteiger partial charge in [-0.1, -0.05) is 0 Å². The Kier molecular flexibility index (Phi) is 5.06. The summed E-state index contributed by atoms with van der Waals surface area (Å²) in [7, 11) is -3.55. The van der Waals surface area contributed by atoms with E-state index in [1.807, 2.05) is 0 Å². The molecule has 128 valence electrons. The molecular weight excluding hydrogens is 319 g/mol. The van der Waals surface area contributed by atoms with Crippen molar-refractivity contribution in [3.63, 3.8) is 0 Å². The minimum atomic E-state index is -3.55. The number of halogens is 1. The number of nitrogens with one attached hydrogen (secondary N) is 1. The van der Waals surface area contributed by atoms with Crippen molar-refractivity contribution < 1.29 is 17.5 Å². The maximum absolute atomic E-state index is 13.8. The van der Waals surface area contributed by atoms with Crippen LogP contribution in [0.2, 0.25) is 0 Å². The van der Waals surface area contributed by atoms with Crippen LogP contribution >= 0.6 is 0 Å². The molecule has 2 saturated heterocycles. The Hall–Kier alpha value is -1.34. The Morgan fingerprint density at radius 3 is 2.65 bits per heavy atom. The van der Waals surface area contributed by atoms with E-state index in [0.29, 0.717) is 6.61 Å². The smallest absolute Gasteiger partial charge is 0.235 e. The highest BCUT2D eigenvalue weighted by Gasteiger charge is 2.23. The monoisotopic (exact) mass is 342 g/mol. The summed E-state index contributed by atoms with van der Waals surface area (Å²) in [5.74, 6) is -0.510. The molecule has 0 radical (unpaired) electrons. The Morgan fingerprint density at radius 2 is 1.96 bits per heavy atom. The minimum absolute atomic E-state index is 0.0808. The summed E-state index contributed by atoms with van der Waals surface area (Å²) in [4.78, 5) is 2.07. The fourth-order valence-corrected chi connectivity index (χ4v) is 4.51. The summed E-state index contributed by atoms with van der Waals surface area (Å²) in [6.07, 6.45) is 4.61. The molecule has 0 amide bonds. The van der Waals surface area contributed by atoms with E-state index in [1.165, 1.54) is 12.1 Å². The van der Waals surface area contributed by atoms with Gasteiger partial charge in [-0.25, -0.2) is 12.8 Å². The minimum Gasteiger partial charge on any atom is -0.377 e. The molecule has 2 fully saturated rings. The number of benzene rings is 1. The standard InChI is InChI=1S/C16H23FN2O3S/c17-13-9-14(11-15(10-13)19-6-2-3-7-19)18-23(20,21)12-16-5-1-4-8-22-16/h9-11,16,18H,1-8,12H2/t16-/m0/s1. The zero-order chi connectivity index (χ0) is 16.3. The first-order valence-electron chi connectivity index (χ1n) is 8.19. The van der Waals surface area contributed by atoms with Gasteiger partial charge in [0.05, 0.1) is 17.5 Å². The zero-order valence-electron chi connectivity index (χ0n) is 13.1. The van der Waals surface area contributed by atoms with Gasteiger partial charge in [-0.3, -0.25) is 4.72 Å². The van der Waals surface area contributed by atoms with Crippen LogP contribution in [0.15, 0.2) is 18.2 Å². The molecule has 0 aliphatic carbocycles. The Labute approximate surface area is 136 Å². The van der Waals surface area contributed by atoms with Gasteiger partial charge in [-0.05, 0) is 50.3 Å². The van der Waals surface area contributed by atoms with Gasteiger partial charge < -0.3 is 9.64 Å². The van der Waals surface area contributed by atoms with Crippen LogP contribution in [0.1, 0.15) is 32.1 Å². The highest BCUT2D eigenvalue weighted by Crippen LogP contribution is 2.26. The molecular formula is C16H23FN2O3S. The first kappa shape index (κ1) is 16.5. The Morgan fingerprint density at radius 1 is 1.17 bits per heavy atom. The van der Waals surface area contributed by atoms with Crippen molar-refractivity contribution in [3.8, 4) is 0 Å². The molecule has 1 aromatic rings. The molecule has 0 bridgehead atoms. The van der Waals surface area contributed by atoms with Gasteiger partial charge in [0, 0.05) is 25.4 Å². The number of anilines is 2. The quantitative estimate of drug-likeness (QED) is 0.894. The van der Waals surface area contributed by atoms with Crippen LogP contribution in [0.4, 0.5) is 15.8 Å². The van der Waals surface area contributed by atoms with Crippen LogP contribution < -0.4 is 9.62 Å². The van der Waals surface area contributed by atoms with E-state index < -0.39 is 15.8 Å². The van der Waals surface area contributed by atoms with Crippen molar-refractivity contribution in [2.45, 2.75) is 38.2 Å². The topological polar surface area (TPSA) is 58.6 Å². The number of hydrogen-bond donors (Lipinski definition) is 1. The first-order valence-corrected chi connectivity index (χ1v) is 9.85. The molecule has 0 unspecified atom stereocenters. The van der Waals surface area contributed by atoms with Gasteiger partial charge in [0.2, 0.25) is 10.0 Å². The lowest BCUT2D eigenvalue weighted by molar-refractivity contribution is 0.0306. The predicted molar refractivity (Wildman–Crippen MR) is 88.8 cm³/mol. The summed E-state index contributed by atoms with van der Waals surface area (Å²) in [5.41, 5.74) is 1.01. The summed E-state index contributed by atoms with van der Waals surface area (Å²) in [5, 5.41) is 0. The Balaban J connectivity index is 1.70. The number of rotatable bonds is 5. The average molecular weight is 342 g/mol. The number of nitrogens with zero attached hydrogens (tertiary/aromatic N) is 1. The lowest BCUT2D eigenvalue weighted by Gasteiger charge is -2.23. The lowest BCUT2D eigenvalue weighted by Crippen LogP contribution is -2.31. The van der Waals surface area contributed by atoms with Crippen molar-refractivity contribution in [2.24, 2.45) is 0 Å². The van der Waals surface area contributed by atoms with Gasteiger partial charge in [-0.2, -0.15) is 0 Å². The SMILES string of the molecule is O=S(=O)(C[C@@H]1CCCCO1)Nc1cc(F)cc(N2CCCC2)c1. The van der Waals surface area contributed by atoms with Gasteiger partial charge in [0.15, 0.2) is 0 Å². The Bertz CT molecular complexity index is 639. The fourth-order valence-electron chi connectivity index (χ4n) is 3.20. The zero-order valence-corrected chi connectivity index (χ0v) is 13.9. The van der Waals surface area contributed by atoms with Crippen LogP contribution in [0.25, 0.3) is 0 Å². The number of ether oxygens (including phenoxy) is 1. The van der Waals surface area contributed by atoms with Crippen LogP contribution in [0.5, 0.6) is 0 Å². The van der Waals surface area contributed by atoms with E-state index in [4.69, 9.17) is 4.74 Å². The third-order valence-electron chi connectivity index (χ3n) is 4.31. The molecule has 0 saturated carbocycles. The molecule has 2 aliphatic heterocycles. The molecule has 7 heteroatoms. The van der Waals surface area contributed by atoms with E-state index in [0.717, 1.165) is 50.9 Å². The summed E-state index contributed by atoms with van der Waals surface area (Å²) < 4.78 is 46.4. The average Bonchev–Trinajstić information content (AvgIpc) is 3.00. The molecule has 3 rings (SSSR count). The molecule has 2 heterocycles. The van der Waals surface area contributed by atoms with Gasteiger partial charge in [-0.15, -0.1) is 0 Å². The highest BCUT2D eigenvalue weighted by atomic mass is 32.2. The second kappa shape index (κ2) is 7.05. The third kappa shape index (κ3) is 4.57. The number of sulfonamides is 1. The molecule has 0 aromatic heterocycles. The van der Waals surface area contributed by atoms with Crippen molar-refractivity contribution in [1.82, 2.24) is 0 Å². The molecule has 1 aromatic carbocycles. The molecule has 0 spiro atoms. The first-order chi connectivity index (χ1) is 11.0. The van der Waals surface area contributed by atoms with E-state index in [9.17, 15) is 12.8 Å².